The lowest BCUT2D eigenvalue weighted by Crippen LogP contribution is -2.26. The lowest BCUT2D eigenvalue weighted by atomic mass is 9.70. The minimum atomic E-state index is -0.461. The predicted molar refractivity (Wildman–Crippen MR) is 217 cm³/mol. The Hall–Kier alpha value is -6.70. The zero-order valence-electron chi connectivity index (χ0n) is 28.2. The maximum Gasteiger partial charge on any atom is 0.0726 e. The van der Waals surface area contributed by atoms with E-state index in [1.165, 1.54) is 116 Å². The molecule has 0 aliphatic heterocycles. The van der Waals surface area contributed by atoms with Gasteiger partial charge in [-0.15, -0.1) is 0 Å². The average molecular weight is 656 g/mol. The van der Waals surface area contributed by atoms with Gasteiger partial charge in [-0.2, -0.15) is 0 Å². The van der Waals surface area contributed by atoms with Crippen LogP contribution in [-0.2, 0) is 5.41 Å². The number of hydrogen-bond acceptors (Lipinski definition) is 0. The van der Waals surface area contributed by atoms with Gasteiger partial charge in [0.25, 0.3) is 0 Å². The molecule has 1 nitrogen and oxygen atoms in total. The Morgan fingerprint density at radius 3 is 1.83 bits per heavy atom. The van der Waals surface area contributed by atoms with Crippen molar-refractivity contribution in [2.24, 2.45) is 0 Å². The second-order valence-electron chi connectivity index (χ2n) is 14.7. The summed E-state index contributed by atoms with van der Waals surface area (Å²) < 4.78 is 2.50. The Bertz CT molecular complexity index is 3250. The molecule has 10 aromatic rings. The third kappa shape index (κ3) is 3.02. The number of para-hydroxylation sites is 1. The third-order valence-corrected chi connectivity index (χ3v) is 12.5. The van der Waals surface area contributed by atoms with Gasteiger partial charge >= 0.3 is 0 Å². The van der Waals surface area contributed by atoms with Crippen molar-refractivity contribution < 1.29 is 0 Å². The fourth-order valence-electron chi connectivity index (χ4n) is 10.6. The highest BCUT2D eigenvalue weighted by Gasteiger charge is 2.52. The predicted octanol–water partition coefficient (Wildman–Crippen LogP) is 13.1. The van der Waals surface area contributed by atoms with Gasteiger partial charge in [0.05, 0.1) is 16.4 Å². The smallest absolute Gasteiger partial charge is 0.0726 e. The highest BCUT2D eigenvalue weighted by Crippen LogP contribution is 2.65. The molecule has 0 saturated heterocycles. The van der Waals surface area contributed by atoms with Gasteiger partial charge in [0.1, 0.15) is 0 Å². The molecule has 52 heavy (non-hydrogen) atoms. The molecule has 1 heterocycles. The molecule has 9 aromatic carbocycles. The molecular formula is C51H29N. The van der Waals surface area contributed by atoms with Crippen molar-refractivity contribution in [3.8, 4) is 50.2 Å². The van der Waals surface area contributed by atoms with Gasteiger partial charge in [-0.25, -0.2) is 0 Å². The van der Waals surface area contributed by atoms with Gasteiger partial charge in [0.15, 0.2) is 0 Å². The average Bonchev–Trinajstić information content (AvgIpc) is 3.91. The van der Waals surface area contributed by atoms with Crippen LogP contribution < -0.4 is 0 Å². The van der Waals surface area contributed by atoms with E-state index in [1.807, 2.05) is 0 Å². The van der Waals surface area contributed by atoms with E-state index in [-0.39, 0.29) is 0 Å². The van der Waals surface area contributed by atoms with Crippen LogP contribution in [0.1, 0.15) is 22.3 Å². The maximum absolute atomic E-state index is 2.57. The van der Waals surface area contributed by atoms with Crippen LogP contribution in [0.2, 0.25) is 0 Å². The lowest BCUT2D eigenvalue weighted by Gasteiger charge is -2.31. The van der Waals surface area contributed by atoms with Crippen molar-refractivity contribution in [2.75, 3.05) is 0 Å². The summed E-state index contributed by atoms with van der Waals surface area (Å²) in [6.07, 6.45) is 0. The van der Waals surface area contributed by atoms with E-state index in [9.17, 15) is 0 Å². The van der Waals surface area contributed by atoms with Crippen LogP contribution in [0, 0.1) is 0 Å². The molecule has 1 aromatic heterocycles. The Morgan fingerprint density at radius 1 is 0.327 bits per heavy atom. The van der Waals surface area contributed by atoms with Crippen molar-refractivity contribution in [1.82, 2.24) is 4.57 Å². The fourth-order valence-corrected chi connectivity index (χ4v) is 10.6. The molecule has 1 unspecified atom stereocenters. The van der Waals surface area contributed by atoms with E-state index < -0.39 is 5.41 Å². The monoisotopic (exact) mass is 655 g/mol. The highest BCUT2D eigenvalue weighted by molar-refractivity contribution is 6.22. The molecule has 13 rings (SSSR count). The molecule has 0 radical (unpaired) electrons. The van der Waals surface area contributed by atoms with Gasteiger partial charge in [-0.1, -0.05) is 146 Å². The third-order valence-electron chi connectivity index (χ3n) is 12.5. The van der Waals surface area contributed by atoms with E-state index in [0.717, 1.165) is 0 Å². The second kappa shape index (κ2) is 9.34. The van der Waals surface area contributed by atoms with E-state index in [2.05, 4.69) is 180 Å². The first-order valence-corrected chi connectivity index (χ1v) is 18.3. The summed E-state index contributed by atoms with van der Waals surface area (Å²) in [5.41, 5.74) is 19.4. The van der Waals surface area contributed by atoms with Crippen molar-refractivity contribution in [3.05, 3.63) is 198 Å². The van der Waals surface area contributed by atoms with Gasteiger partial charge in [-0.05, 0) is 119 Å². The molecule has 0 bridgehead atoms. The summed E-state index contributed by atoms with van der Waals surface area (Å²) >= 11 is 0. The molecule has 0 fully saturated rings. The summed E-state index contributed by atoms with van der Waals surface area (Å²) in [5.74, 6) is 0. The van der Waals surface area contributed by atoms with Gasteiger partial charge in [-0.3, -0.25) is 0 Å². The maximum atomic E-state index is 2.57. The van der Waals surface area contributed by atoms with Gasteiger partial charge in [0.2, 0.25) is 0 Å². The summed E-state index contributed by atoms with van der Waals surface area (Å²) in [6, 6.07) is 66.4. The summed E-state index contributed by atoms with van der Waals surface area (Å²) in [4.78, 5) is 0. The summed E-state index contributed by atoms with van der Waals surface area (Å²) in [5, 5.41) is 7.89. The largest absolute Gasteiger partial charge is 0.309 e. The second-order valence-corrected chi connectivity index (χ2v) is 14.7. The molecule has 3 aliphatic carbocycles. The van der Waals surface area contributed by atoms with Crippen molar-refractivity contribution in [3.63, 3.8) is 0 Å². The normalized spacial score (nSPS) is 15.8. The first kappa shape index (κ1) is 27.1. The number of nitrogens with zero attached hydrogens (tertiary/aromatic N) is 1. The van der Waals surface area contributed by atoms with Crippen LogP contribution in [0.3, 0.4) is 0 Å². The Morgan fingerprint density at radius 2 is 0.962 bits per heavy atom. The van der Waals surface area contributed by atoms with Crippen LogP contribution in [0.4, 0.5) is 0 Å². The minimum absolute atomic E-state index is 0.461. The van der Waals surface area contributed by atoms with Crippen molar-refractivity contribution >= 4 is 43.4 Å². The Balaban J connectivity index is 1.18. The molecule has 1 heteroatoms. The molecule has 3 aliphatic rings. The minimum Gasteiger partial charge on any atom is -0.309 e. The molecule has 1 spiro atoms. The van der Waals surface area contributed by atoms with Crippen molar-refractivity contribution in [2.45, 2.75) is 5.41 Å². The number of aromatic nitrogens is 1. The Kier molecular flexibility index (Phi) is 4.86. The van der Waals surface area contributed by atoms with Gasteiger partial charge in [0, 0.05) is 16.5 Å². The van der Waals surface area contributed by atoms with E-state index in [4.69, 9.17) is 0 Å². The lowest BCUT2D eigenvalue weighted by molar-refractivity contribution is 0.793. The number of benzene rings is 9. The first-order chi connectivity index (χ1) is 25.8. The van der Waals surface area contributed by atoms with Crippen LogP contribution in [0.25, 0.3) is 93.5 Å². The molecule has 0 saturated carbocycles. The SMILES string of the molecule is c1ccc2c(c1)-c1cccc3c4c(cc-2c13)C1(c2ccccc2-c2ccc(-n3c5ccccc5c5c6ccccc6ccc53)cc21)c1ccccc1-4. The van der Waals surface area contributed by atoms with Gasteiger partial charge < -0.3 is 4.57 Å². The quantitative estimate of drug-likeness (QED) is 0.166. The van der Waals surface area contributed by atoms with E-state index in [0.29, 0.717) is 0 Å². The zero-order valence-corrected chi connectivity index (χ0v) is 28.2. The highest BCUT2D eigenvalue weighted by atomic mass is 15.0. The summed E-state index contributed by atoms with van der Waals surface area (Å²) in [7, 11) is 0. The fraction of sp³-hybridized carbons (Fsp3) is 0.0196. The summed E-state index contributed by atoms with van der Waals surface area (Å²) in [6.45, 7) is 0. The molecule has 1 atom stereocenters. The number of rotatable bonds is 1. The van der Waals surface area contributed by atoms with Crippen LogP contribution in [-0.4, -0.2) is 4.57 Å². The number of hydrogen-bond donors (Lipinski definition) is 0. The molecule has 0 amide bonds. The van der Waals surface area contributed by atoms with Crippen molar-refractivity contribution in [1.29, 1.82) is 0 Å². The van der Waals surface area contributed by atoms with Crippen LogP contribution in [0.15, 0.2) is 176 Å². The molecule has 0 N–H and O–H groups in total. The molecular weight excluding hydrogens is 627 g/mol. The first-order valence-electron chi connectivity index (χ1n) is 18.3. The van der Waals surface area contributed by atoms with E-state index >= 15 is 0 Å². The zero-order chi connectivity index (χ0) is 33.7. The Labute approximate surface area is 300 Å². The van der Waals surface area contributed by atoms with Crippen LogP contribution in [0.5, 0.6) is 0 Å². The van der Waals surface area contributed by atoms with E-state index in [1.54, 1.807) is 0 Å². The topological polar surface area (TPSA) is 4.93 Å². The standard InChI is InChI=1S/C51H29N/c1-2-13-32-30(12-1)24-27-47-50(32)39-18-7-10-23-46(39)52(47)31-25-26-36-35-16-5-8-21-42(35)51(44(36)28-31)43-22-9-6-17-38(43)49-40-20-11-19-37-33-14-3-4-15-34(33)41(48(37)40)29-45(49)51/h1-29H. The molecule has 238 valence electrons. The van der Waals surface area contributed by atoms with Crippen LogP contribution >= 0.6 is 0 Å². The number of fused-ring (bicyclic) bond motifs is 19.